The lowest BCUT2D eigenvalue weighted by Crippen LogP contribution is -2.05. The second kappa shape index (κ2) is 3.88. The van der Waals surface area contributed by atoms with Gasteiger partial charge in [0.05, 0.1) is 13.2 Å². The molecule has 0 fully saturated rings. The van der Waals surface area contributed by atoms with E-state index < -0.39 is 0 Å². The number of benzene rings is 1. The van der Waals surface area contributed by atoms with Gasteiger partial charge in [-0.15, -0.1) is 0 Å². The molecule has 2 aliphatic heterocycles. The Bertz CT molecular complexity index is 667. The van der Waals surface area contributed by atoms with Crippen LogP contribution in [0.2, 0.25) is 0 Å². The molecule has 4 rings (SSSR count). The number of fused-ring (bicyclic) bond motifs is 5. The van der Waals surface area contributed by atoms with Crippen LogP contribution in [-0.4, -0.2) is 18.2 Å². The second-order valence-electron chi connectivity index (χ2n) is 4.83. The molecule has 0 spiro atoms. The first kappa shape index (κ1) is 10.7. The minimum atomic E-state index is 0.566. The highest BCUT2D eigenvalue weighted by molar-refractivity contribution is 5.81. The monoisotopic (exact) mass is 254 g/mol. The molecule has 0 saturated carbocycles. The molecule has 0 radical (unpaired) electrons. The average Bonchev–Trinajstić information content (AvgIpc) is 2.79. The van der Waals surface area contributed by atoms with Crippen LogP contribution in [0.15, 0.2) is 24.3 Å². The van der Waals surface area contributed by atoms with Gasteiger partial charge in [0.2, 0.25) is 5.88 Å². The third-order valence-corrected chi connectivity index (χ3v) is 3.75. The molecule has 3 heterocycles. The molecule has 0 amide bonds. The van der Waals surface area contributed by atoms with Gasteiger partial charge in [-0.25, -0.2) is 0 Å². The first-order valence-corrected chi connectivity index (χ1v) is 6.51. The first-order chi connectivity index (χ1) is 9.34. The van der Waals surface area contributed by atoms with Crippen LogP contribution in [0.1, 0.15) is 11.1 Å². The van der Waals surface area contributed by atoms with Gasteiger partial charge in [0.1, 0.15) is 11.6 Å². The highest BCUT2D eigenvalue weighted by Gasteiger charge is 2.27. The zero-order chi connectivity index (χ0) is 12.8. The predicted molar refractivity (Wildman–Crippen MR) is 72.5 cm³/mol. The second-order valence-corrected chi connectivity index (χ2v) is 4.83. The SMILES string of the molecule is Nc1nc2c(c3c1CCOc1ccccc1-3)CCO2. The number of ether oxygens (including phenoxy) is 2. The molecule has 0 aliphatic carbocycles. The van der Waals surface area contributed by atoms with Gasteiger partial charge in [0.15, 0.2) is 0 Å². The van der Waals surface area contributed by atoms with E-state index in [2.05, 4.69) is 11.1 Å². The lowest BCUT2D eigenvalue weighted by atomic mass is 9.93. The molecular formula is C15H14N2O2. The maximum Gasteiger partial charge on any atom is 0.219 e. The van der Waals surface area contributed by atoms with Crippen LogP contribution >= 0.6 is 0 Å². The quantitative estimate of drug-likeness (QED) is 0.783. The van der Waals surface area contributed by atoms with E-state index in [1.165, 1.54) is 11.1 Å². The van der Waals surface area contributed by atoms with Crippen LogP contribution < -0.4 is 15.2 Å². The standard InChI is InChI=1S/C15H14N2O2/c16-14-10-5-7-18-12-4-2-1-3-9(12)13(10)11-6-8-19-15(11)17-14/h1-4H,5-8H2,(H2,16,17). The maximum absolute atomic E-state index is 6.09. The van der Waals surface area contributed by atoms with Crippen molar-refractivity contribution < 1.29 is 9.47 Å². The van der Waals surface area contributed by atoms with Crippen molar-refractivity contribution in [3.8, 4) is 22.8 Å². The van der Waals surface area contributed by atoms with E-state index >= 15 is 0 Å². The summed E-state index contributed by atoms with van der Waals surface area (Å²) in [6.07, 6.45) is 1.68. The summed E-state index contributed by atoms with van der Waals surface area (Å²) in [6, 6.07) is 8.10. The summed E-state index contributed by atoms with van der Waals surface area (Å²) in [7, 11) is 0. The number of nitrogens with zero attached hydrogens (tertiary/aromatic N) is 1. The molecular weight excluding hydrogens is 240 g/mol. The number of para-hydroxylation sites is 1. The number of pyridine rings is 1. The largest absolute Gasteiger partial charge is 0.493 e. The van der Waals surface area contributed by atoms with Crippen LogP contribution in [0, 0.1) is 0 Å². The molecule has 4 nitrogen and oxygen atoms in total. The van der Waals surface area contributed by atoms with Crippen molar-refractivity contribution in [3.63, 3.8) is 0 Å². The van der Waals surface area contributed by atoms with Gasteiger partial charge in [-0.3, -0.25) is 0 Å². The summed E-state index contributed by atoms with van der Waals surface area (Å²) in [6.45, 7) is 1.32. The van der Waals surface area contributed by atoms with Crippen molar-refractivity contribution in [3.05, 3.63) is 35.4 Å². The van der Waals surface area contributed by atoms with E-state index in [1.54, 1.807) is 0 Å². The number of hydrogen-bond donors (Lipinski definition) is 1. The Morgan fingerprint density at radius 3 is 2.74 bits per heavy atom. The van der Waals surface area contributed by atoms with Crippen molar-refractivity contribution in [2.75, 3.05) is 18.9 Å². The van der Waals surface area contributed by atoms with Gasteiger partial charge in [0, 0.05) is 35.1 Å². The fraction of sp³-hybridized carbons (Fsp3) is 0.267. The van der Waals surface area contributed by atoms with E-state index in [0.717, 1.165) is 29.7 Å². The van der Waals surface area contributed by atoms with Crippen LogP contribution in [0.3, 0.4) is 0 Å². The number of rotatable bonds is 0. The van der Waals surface area contributed by atoms with Gasteiger partial charge in [0.25, 0.3) is 0 Å². The number of hydrogen-bond acceptors (Lipinski definition) is 4. The Kier molecular flexibility index (Phi) is 2.18. The molecule has 1 aromatic carbocycles. The normalized spacial score (nSPS) is 15.6. The highest BCUT2D eigenvalue weighted by atomic mass is 16.5. The molecule has 4 heteroatoms. The average molecular weight is 254 g/mol. The van der Waals surface area contributed by atoms with E-state index in [0.29, 0.717) is 24.9 Å². The molecule has 2 aliphatic rings. The Labute approximate surface area is 111 Å². The zero-order valence-corrected chi connectivity index (χ0v) is 10.5. The third kappa shape index (κ3) is 1.49. The van der Waals surface area contributed by atoms with Crippen molar-refractivity contribution in [1.29, 1.82) is 0 Å². The van der Waals surface area contributed by atoms with E-state index in [1.807, 2.05) is 18.2 Å². The molecule has 0 saturated heterocycles. The van der Waals surface area contributed by atoms with Crippen LogP contribution in [0.25, 0.3) is 11.1 Å². The van der Waals surface area contributed by atoms with Crippen molar-refractivity contribution in [2.45, 2.75) is 12.8 Å². The van der Waals surface area contributed by atoms with Crippen LogP contribution in [0.5, 0.6) is 11.6 Å². The van der Waals surface area contributed by atoms with Gasteiger partial charge in [-0.1, -0.05) is 18.2 Å². The Morgan fingerprint density at radius 1 is 1.00 bits per heavy atom. The fourth-order valence-corrected chi connectivity index (χ4v) is 2.90. The number of anilines is 1. The summed E-state index contributed by atoms with van der Waals surface area (Å²) >= 11 is 0. The minimum absolute atomic E-state index is 0.566. The number of nitrogen functional groups attached to an aromatic ring is 1. The molecule has 2 N–H and O–H groups in total. The van der Waals surface area contributed by atoms with Crippen LogP contribution in [-0.2, 0) is 12.8 Å². The molecule has 2 aromatic rings. The van der Waals surface area contributed by atoms with Gasteiger partial charge in [-0.2, -0.15) is 4.98 Å². The first-order valence-electron chi connectivity index (χ1n) is 6.51. The Balaban J connectivity index is 2.08. The highest BCUT2D eigenvalue weighted by Crippen LogP contribution is 2.43. The van der Waals surface area contributed by atoms with Gasteiger partial charge < -0.3 is 15.2 Å². The number of aromatic nitrogens is 1. The van der Waals surface area contributed by atoms with Crippen molar-refractivity contribution >= 4 is 5.82 Å². The smallest absolute Gasteiger partial charge is 0.219 e. The molecule has 0 unspecified atom stereocenters. The van der Waals surface area contributed by atoms with Gasteiger partial charge in [-0.05, 0) is 6.07 Å². The van der Waals surface area contributed by atoms with Gasteiger partial charge >= 0.3 is 0 Å². The predicted octanol–water partition coefficient (Wildman–Crippen LogP) is 2.20. The van der Waals surface area contributed by atoms with E-state index in [4.69, 9.17) is 15.2 Å². The van der Waals surface area contributed by atoms with Crippen LogP contribution in [0.4, 0.5) is 5.82 Å². The molecule has 1 aromatic heterocycles. The minimum Gasteiger partial charge on any atom is -0.493 e. The maximum atomic E-state index is 6.09. The Morgan fingerprint density at radius 2 is 1.79 bits per heavy atom. The third-order valence-electron chi connectivity index (χ3n) is 3.75. The zero-order valence-electron chi connectivity index (χ0n) is 10.5. The Hall–Kier alpha value is -2.23. The molecule has 0 bridgehead atoms. The summed E-state index contributed by atoms with van der Waals surface area (Å²) in [4.78, 5) is 4.38. The lowest BCUT2D eigenvalue weighted by Gasteiger charge is -2.13. The van der Waals surface area contributed by atoms with E-state index in [9.17, 15) is 0 Å². The molecule has 19 heavy (non-hydrogen) atoms. The summed E-state index contributed by atoms with van der Waals surface area (Å²) in [5.74, 6) is 2.17. The topological polar surface area (TPSA) is 57.4 Å². The van der Waals surface area contributed by atoms with E-state index in [-0.39, 0.29) is 0 Å². The van der Waals surface area contributed by atoms with Crippen molar-refractivity contribution in [2.24, 2.45) is 0 Å². The molecule has 0 atom stereocenters. The summed E-state index contributed by atoms with van der Waals surface area (Å²) in [5, 5.41) is 0. The number of nitrogens with two attached hydrogens (primary N) is 1. The van der Waals surface area contributed by atoms with Crippen molar-refractivity contribution in [1.82, 2.24) is 4.98 Å². The lowest BCUT2D eigenvalue weighted by molar-refractivity contribution is 0.326. The summed E-state index contributed by atoms with van der Waals surface area (Å²) < 4.78 is 11.4. The fourth-order valence-electron chi connectivity index (χ4n) is 2.90. The molecule has 96 valence electrons. The summed E-state index contributed by atoms with van der Waals surface area (Å²) in [5.41, 5.74) is 10.6.